The largest absolute Gasteiger partial charge is 0.497 e. The lowest BCUT2D eigenvalue weighted by molar-refractivity contribution is 0.414. The van der Waals surface area contributed by atoms with Crippen LogP contribution in [0.4, 0.5) is 0 Å². The van der Waals surface area contributed by atoms with Crippen LogP contribution < -0.4 is 10.1 Å². The zero-order valence-corrected chi connectivity index (χ0v) is 16.8. The van der Waals surface area contributed by atoms with Crippen LogP contribution in [0.3, 0.4) is 0 Å². The number of ether oxygens (including phenoxy) is 1. The molecule has 1 unspecified atom stereocenters. The van der Waals surface area contributed by atoms with Crippen molar-refractivity contribution < 1.29 is 4.74 Å². The molecule has 29 heavy (non-hydrogen) atoms. The predicted molar refractivity (Wildman–Crippen MR) is 113 cm³/mol. The summed E-state index contributed by atoms with van der Waals surface area (Å²) in [7, 11) is 3.53. The standard InChI is InChI=1S/C22H26N6O/c1-23-22(26-14-17-3-8-21(25-13-17)28-12-10-24-16-28)27-11-9-19(15-27)18-4-6-20(29-2)7-5-18/h3-8,10,12-13,16,19H,9,11,14-15H2,1-2H3,(H,23,26). The molecule has 0 radical (unpaired) electrons. The van der Waals surface area contributed by atoms with Gasteiger partial charge in [0.25, 0.3) is 0 Å². The second-order valence-corrected chi connectivity index (χ2v) is 7.10. The number of likely N-dealkylation sites (tertiary alicyclic amines) is 1. The van der Waals surface area contributed by atoms with E-state index in [9.17, 15) is 0 Å². The van der Waals surface area contributed by atoms with Crippen LogP contribution in [0.1, 0.15) is 23.5 Å². The topological polar surface area (TPSA) is 67.6 Å². The van der Waals surface area contributed by atoms with Gasteiger partial charge in [-0.2, -0.15) is 0 Å². The number of guanidine groups is 1. The number of hydrogen-bond acceptors (Lipinski definition) is 4. The number of benzene rings is 1. The van der Waals surface area contributed by atoms with Crippen molar-refractivity contribution in [2.45, 2.75) is 18.9 Å². The van der Waals surface area contributed by atoms with Crippen LogP contribution in [0.5, 0.6) is 5.75 Å². The average Bonchev–Trinajstić information content (AvgIpc) is 3.48. The Hall–Kier alpha value is -3.35. The maximum absolute atomic E-state index is 5.26. The normalized spacial score (nSPS) is 16.8. The Bertz CT molecular complexity index is 934. The summed E-state index contributed by atoms with van der Waals surface area (Å²) in [6, 6.07) is 12.5. The van der Waals surface area contributed by atoms with Crippen LogP contribution in [0.25, 0.3) is 5.82 Å². The molecule has 0 saturated carbocycles. The second-order valence-electron chi connectivity index (χ2n) is 7.10. The molecule has 3 heterocycles. The van der Waals surface area contributed by atoms with Crippen LogP contribution >= 0.6 is 0 Å². The summed E-state index contributed by atoms with van der Waals surface area (Å²) in [5.41, 5.74) is 2.46. The highest BCUT2D eigenvalue weighted by atomic mass is 16.5. The summed E-state index contributed by atoms with van der Waals surface area (Å²) < 4.78 is 7.15. The Kier molecular flexibility index (Phi) is 5.74. The number of imidazole rings is 1. The van der Waals surface area contributed by atoms with Gasteiger partial charge in [-0.15, -0.1) is 0 Å². The minimum Gasteiger partial charge on any atom is -0.497 e. The Labute approximate surface area is 171 Å². The van der Waals surface area contributed by atoms with Crippen LogP contribution in [0, 0.1) is 0 Å². The van der Waals surface area contributed by atoms with E-state index < -0.39 is 0 Å². The van der Waals surface area contributed by atoms with E-state index in [1.54, 1.807) is 19.6 Å². The molecule has 1 saturated heterocycles. The monoisotopic (exact) mass is 390 g/mol. The first kappa shape index (κ1) is 19.0. The maximum Gasteiger partial charge on any atom is 0.193 e. The van der Waals surface area contributed by atoms with Crippen molar-refractivity contribution in [3.8, 4) is 11.6 Å². The maximum atomic E-state index is 5.26. The first-order valence-electron chi connectivity index (χ1n) is 9.79. The number of pyridine rings is 1. The summed E-state index contributed by atoms with van der Waals surface area (Å²) in [6.07, 6.45) is 8.38. The number of aliphatic imine (C=N–C) groups is 1. The lowest BCUT2D eigenvalue weighted by Crippen LogP contribution is -2.39. The van der Waals surface area contributed by atoms with Crippen molar-refractivity contribution in [1.82, 2.24) is 24.8 Å². The van der Waals surface area contributed by atoms with Gasteiger partial charge in [-0.3, -0.25) is 9.56 Å². The minimum atomic E-state index is 0.510. The quantitative estimate of drug-likeness (QED) is 0.536. The molecule has 0 bridgehead atoms. The fourth-order valence-corrected chi connectivity index (χ4v) is 3.68. The number of methoxy groups -OCH3 is 1. The summed E-state index contributed by atoms with van der Waals surface area (Å²) in [4.78, 5) is 15.4. The van der Waals surface area contributed by atoms with Gasteiger partial charge in [0.15, 0.2) is 5.96 Å². The van der Waals surface area contributed by atoms with Gasteiger partial charge in [0, 0.05) is 51.2 Å². The highest BCUT2D eigenvalue weighted by Gasteiger charge is 2.26. The zero-order chi connectivity index (χ0) is 20.1. The van der Waals surface area contributed by atoms with Crippen molar-refractivity contribution in [2.24, 2.45) is 4.99 Å². The van der Waals surface area contributed by atoms with Gasteiger partial charge in [-0.25, -0.2) is 9.97 Å². The molecule has 0 amide bonds. The SMILES string of the molecule is CN=C(NCc1ccc(-n2ccnc2)nc1)N1CCC(c2ccc(OC)cc2)C1. The number of nitrogens with one attached hydrogen (secondary N) is 1. The van der Waals surface area contributed by atoms with E-state index in [-0.39, 0.29) is 0 Å². The average molecular weight is 390 g/mol. The first-order chi connectivity index (χ1) is 14.3. The van der Waals surface area contributed by atoms with Crippen molar-refractivity contribution in [2.75, 3.05) is 27.2 Å². The molecule has 7 heteroatoms. The van der Waals surface area contributed by atoms with E-state index >= 15 is 0 Å². The summed E-state index contributed by atoms with van der Waals surface area (Å²) in [5.74, 6) is 3.20. The molecule has 1 aliphatic rings. The second kappa shape index (κ2) is 8.77. The van der Waals surface area contributed by atoms with Crippen LogP contribution in [0.2, 0.25) is 0 Å². The van der Waals surface area contributed by atoms with Crippen molar-refractivity contribution in [3.63, 3.8) is 0 Å². The molecule has 1 N–H and O–H groups in total. The fraction of sp³-hybridized carbons (Fsp3) is 0.318. The summed E-state index contributed by atoms with van der Waals surface area (Å²) >= 11 is 0. The van der Waals surface area contributed by atoms with Gasteiger partial charge in [0.1, 0.15) is 17.9 Å². The van der Waals surface area contributed by atoms with E-state index in [0.717, 1.165) is 42.6 Å². The van der Waals surface area contributed by atoms with Crippen LogP contribution in [-0.2, 0) is 6.54 Å². The van der Waals surface area contributed by atoms with Gasteiger partial charge in [0.05, 0.1) is 7.11 Å². The third kappa shape index (κ3) is 4.39. The third-order valence-corrected chi connectivity index (χ3v) is 5.32. The lowest BCUT2D eigenvalue weighted by atomic mass is 9.98. The number of rotatable bonds is 5. The summed E-state index contributed by atoms with van der Waals surface area (Å²) in [5, 5.41) is 3.47. The molecule has 1 fully saturated rings. The van der Waals surface area contributed by atoms with E-state index in [0.29, 0.717) is 12.5 Å². The third-order valence-electron chi connectivity index (χ3n) is 5.32. The molecule has 2 aromatic heterocycles. The van der Waals surface area contributed by atoms with Gasteiger partial charge in [-0.05, 0) is 35.7 Å². The number of hydrogen-bond donors (Lipinski definition) is 1. The molecule has 1 aliphatic heterocycles. The molecular formula is C22H26N6O. The van der Waals surface area contributed by atoms with Crippen molar-refractivity contribution >= 4 is 5.96 Å². The Morgan fingerprint density at radius 2 is 2.10 bits per heavy atom. The predicted octanol–water partition coefficient (Wildman–Crippen LogP) is 2.84. The summed E-state index contributed by atoms with van der Waals surface area (Å²) in [6.45, 7) is 2.64. The van der Waals surface area contributed by atoms with Crippen LogP contribution in [0.15, 0.2) is 66.3 Å². The molecule has 7 nitrogen and oxygen atoms in total. The van der Waals surface area contributed by atoms with E-state index in [1.165, 1.54) is 5.56 Å². The molecule has 3 aromatic rings. The molecule has 150 valence electrons. The van der Waals surface area contributed by atoms with Crippen molar-refractivity contribution in [3.05, 3.63) is 72.4 Å². The molecule has 0 spiro atoms. The number of nitrogens with zero attached hydrogens (tertiary/aromatic N) is 5. The minimum absolute atomic E-state index is 0.510. The molecule has 0 aliphatic carbocycles. The first-order valence-corrected chi connectivity index (χ1v) is 9.79. The Morgan fingerprint density at radius 1 is 1.24 bits per heavy atom. The van der Waals surface area contributed by atoms with E-state index in [2.05, 4.69) is 43.4 Å². The zero-order valence-electron chi connectivity index (χ0n) is 16.8. The molecule has 1 aromatic carbocycles. The van der Waals surface area contributed by atoms with Crippen LogP contribution in [-0.4, -0.2) is 52.6 Å². The molecule has 1 atom stereocenters. The van der Waals surface area contributed by atoms with Gasteiger partial charge in [0.2, 0.25) is 0 Å². The smallest absolute Gasteiger partial charge is 0.193 e. The van der Waals surface area contributed by atoms with Gasteiger partial charge in [-0.1, -0.05) is 18.2 Å². The number of aromatic nitrogens is 3. The van der Waals surface area contributed by atoms with Gasteiger partial charge < -0.3 is 15.0 Å². The van der Waals surface area contributed by atoms with Gasteiger partial charge >= 0.3 is 0 Å². The highest BCUT2D eigenvalue weighted by molar-refractivity contribution is 5.80. The Balaban J connectivity index is 1.33. The lowest BCUT2D eigenvalue weighted by Gasteiger charge is -2.22. The Morgan fingerprint density at radius 3 is 2.76 bits per heavy atom. The van der Waals surface area contributed by atoms with E-state index in [4.69, 9.17) is 4.74 Å². The molecular weight excluding hydrogens is 364 g/mol. The highest BCUT2D eigenvalue weighted by Crippen LogP contribution is 2.28. The van der Waals surface area contributed by atoms with E-state index in [1.807, 2.05) is 42.2 Å². The fourth-order valence-electron chi connectivity index (χ4n) is 3.68. The molecule has 4 rings (SSSR count). The van der Waals surface area contributed by atoms with Crippen molar-refractivity contribution in [1.29, 1.82) is 0 Å².